The molecule has 0 aliphatic rings. The van der Waals surface area contributed by atoms with E-state index in [9.17, 15) is 0 Å². The Morgan fingerprint density at radius 2 is 2.24 bits per heavy atom. The van der Waals surface area contributed by atoms with Crippen LogP contribution in [0.15, 0.2) is 12.1 Å². The van der Waals surface area contributed by atoms with Gasteiger partial charge >= 0.3 is 0 Å². The topological polar surface area (TPSA) is 76.8 Å². The van der Waals surface area contributed by atoms with Gasteiger partial charge in [-0.05, 0) is 25.5 Å². The zero-order valence-electron chi connectivity index (χ0n) is 10.2. The van der Waals surface area contributed by atoms with E-state index in [1.54, 1.807) is 0 Å². The van der Waals surface area contributed by atoms with E-state index in [-0.39, 0.29) is 0 Å². The van der Waals surface area contributed by atoms with Crippen LogP contribution in [0.1, 0.15) is 19.7 Å². The minimum atomic E-state index is 0.418. The van der Waals surface area contributed by atoms with Crippen LogP contribution in [-0.4, -0.2) is 28.1 Å². The molecule has 1 atom stereocenters. The SMILES string of the molecule is CCOc1ccc2[nH]c(CC(C)CN)nc2n1. The third-order valence-corrected chi connectivity index (χ3v) is 2.61. The van der Waals surface area contributed by atoms with Crippen molar-refractivity contribution in [2.24, 2.45) is 11.7 Å². The Morgan fingerprint density at radius 3 is 2.94 bits per heavy atom. The smallest absolute Gasteiger partial charge is 0.215 e. The number of pyridine rings is 1. The van der Waals surface area contributed by atoms with Gasteiger partial charge < -0.3 is 15.5 Å². The van der Waals surface area contributed by atoms with Gasteiger partial charge in [-0.1, -0.05) is 6.92 Å². The number of imidazole rings is 1. The van der Waals surface area contributed by atoms with Gasteiger partial charge in [0.25, 0.3) is 0 Å². The van der Waals surface area contributed by atoms with Crippen molar-refractivity contribution in [1.82, 2.24) is 15.0 Å². The monoisotopic (exact) mass is 234 g/mol. The molecule has 3 N–H and O–H groups in total. The van der Waals surface area contributed by atoms with Crippen molar-refractivity contribution in [3.8, 4) is 5.88 Å². The second kappa shape index (κ2) is 5.14. The molecular formula is C12H18N4O. The maximum Gasteiger partial charge on any atom is 0.215 e. The molecule has 0 radical (unpaired) electrons. The Hall–Kier alpha value is -1.62. The summed E-state index contributed by atoms with van der Waals surface area (Å²) in [6, 6.07) is 3.79. The Balaban J connectivity index is 2.24. The molecule has 2 rings (SSSR count). The molecule has 2 heterocycles. The number of hydrogen-bond donors (Lipinski definition) is 2. The van der Waals surface area contributed by atoms with E-state index in [2.05, 4.69) is 21.9 Å². The van der Waals surface area contributed by atoms with Crippen LogP contribution < -0.4 is 10.5 Å². The third-order valence-electron chi connectivity index (χ3n) is 2.61. The summed E-state index contributed by atoms with van der Waals surface area (Å²) in [5.41, 5.74) is 7.24. The van der Waals surface area contributed by atoms with Crippen LogP contribution in [0.5, 0.6) is 5.88 Å². The number of ether oxygens (including phenoxy) is 1. The van der Waals surface area contributed by atoms with E-state index in [1.165, 1.54) is 0 Å². The first kappa shape index (κ1) is 11.9. The standard InChI is InChI=1S/C12H18N4O/c1-3-17-11-5-4-9-12(16-11)15-10(14-9)6-8(2)7-13/h4-5,8H,3,6-7,13H2,1-2H3,(H,14,15,16). The summed E-state index contributed by atoms with van der Waals surface area (Å²) < 4.78 is 5.34. The molecule has 17 heavy (non-hydrogen) atoms. The highest BCUT2D eigenvalue weighted by molar-refractivity contribution is 5.71. The van der Waals surface area contributed by atoms with Gasteiger partial charge in [0.05, 0.1) is 12.1 Å². The maximum atomic E-state index is 5.60. The fourth-order valence-electron chi connectivity index (χ4n) is 1.66. The van der Waals surface area contributed by atoms with Crippen LogP contribution in [-0.2, 0) is 6.42 Å². The van der Waals surface area contributed by atoms with Gasteiger partial charge in [-0.2, -0.15) is 4.98 Å². The highest BCUT2D eigenvalue weighted by atomic mass is 16.5. The molecule has 2 aromatic heterocycles. The summed E-state index contributed by atoms with van der Waals surface area (Å²) in [4.78, 5) is 12.0. The Labute approximate surface area is 100 Å². The lowest BCUT2D eigenvalue weighted by molar-refractivity contribution is 0.328. The van der Waals surface area contributed by atoms with Crippen LogP contribution in [0.4, 0.5) is 0 Å². The van der Waals surface area contributed by atoms with E-state index in [1.807, 2.05) is 19.1 Å². The van der Waals surface area contributed by atoms with Gasteiger partial charge in [0.2, 0.25) is 5.88 Å². The molecule has 5 heteroatoms. The van der Waals surface area contributed by atoms with Crippen molar-refractivity contribution in [2.75, 3.05) is 13.2 Å². The zero-order chi connectivity index (χ0) is 12.3. The lowest BCUT2D eigenvalue weighted by Gasteiger charge is -2.03. The zero-order valence-corrected chi connectivity index (χ0v) is 10.2. The normalized spacial score (nSPS) is 12.9. The number of fused-ring (bicyclic) bond motifs is 1. The molecule has 0 bridgehead atoms. The van der Waals surface area contributed by atoms with Gasteiger partial charge in [0.15, 0.2) is 5.65 Å². The fraction of sp³-hybridized carbons (Fsp3) is 0.500. The molecule has 2 aromatic rings. The highest BCUT2D eigenvalue weighted by Gasteiger charge is 2.08. The van der Waals surface area contributed by atoms with Crippen LogP contribution in [0.2, 0.25) is 0 Å². The van der Waals surface area contributed by atoms with E-state index < -0.39 is 0 Å². The molecule has 92 valence electrons. The number of nitrogens with one attached hydrogen (secondary N) is 1. The van der Waals surface area contributed by atoms with Gasteiger partial charge in [0.1, 0.15) is 5.82 Å². The number of nitrogens with zero attached hydrogens (tertiary/aromatic N) is 2. The van der Waals surface area contributed by atoms with Crippen molar-refractivity contribution >= 4 is 11.2 Å². The van der Waals surface area contributed by atoms with Crippen molar-refractivity contribution < 1.29 is 4.74 Å². The molecule has 0 saturated heterocycles. The molecule has 0 aromatic carbocycles. The van der Waals surface area contributed by atoms with E-state index in [0.717, 1.165) is 17.8 Å². The number of hydrogen-bond acceptors (Lipinski definition) is 4. The number of rotatable bonds is 5. The van der Waals surface area contributed by atoms with Gasteiger partial charge in [0, 0.05) is 12.5 Å². The van der Waals surface area contributed by atoms with Crippen molar-refractivity contribution in [3.63, 3.8) is 0 Å². The predicted octanol–water partition coefficient (Wildman–Crippen LogP) is 1.49. The first-order valence-electron chi connectivity index (χ1n) is 5.91. The molecule has 0 fully saturated rings. The van der Waals surface area contributed by atoms with Gasteiger partial charge in [-0.15, -0.1) is 0 Å². The average Bonchev–Trinajstić information content (AvgIpc) is 2.70. The van der Waals surface area contributed by atoms with Gasteiger partial charge in [-0.3, -0.25) is 0 Å². The van der Waals surface area contributed by atoms with Gasteiger partial charge in [-0.25, -0.2) is 4.98 Å². The second-order valence-corrected chi connectivity index (χ2v) is 4.18. The quantitative estimate of drug-likeness (QED) is 0.821. The average molecular weight is 234 g/mol. The Kier molecular flexibility index (Phi) is 3.58. The highest BCUT2D eigenvalue weighted by Crippen LogP contribution is 2.15. The van der Waals surface area contributed by atoms with Crippen molar-refractivity contribution in [3.05, 3.63) is 18.0 Å². The molecule has 5 nitrogen and oxygen atoms in total. The minimum Gasteiger partial charge on any atom is -0.478 e. The summed E-state index contributed by atoms with van der Waals surface area (Å²) in [6.45, 7) is 5.31. The molecule has 0 amide bonds. The Bertz CT molecular complexity index is 494. The third kappa shape index (κ3) is 2.74. The first-order valence-corrected chi connectivity index (χ1v) is 5.91. The number of nitrogens with two attached hydrogens (primary N) is 1. The molecule has 0 aliphatic carbocycles. The maximum absolute atomic E-state index is 5.60. The van der Waals surface area contributed by atoms with E-state index in [4.69, 9.17) is 10.5 Å². The predicted molar refractivity (Wildman–Crippen MR) is 67.0 cm³/mol. The molecule has 0 aliphatic heterocycles. The largest absolute Gasteiger partial charge is 0.478 e. The summed E-state index contributed by atoms with van der Waals surface area (Å²) >= 11 is 0. The molecule has 0 saturated carbocycles. The second-order valence-electron chi connectivity index (χ2n) is 4.18. The summed E-state index contributed by atoms with van der Waals surface area (Å²) in [5.74, 6) is 1.96. The lowest BCUT2D eigenvalue weighted by atomic mass is 10.1. The van der Waals surface area contributed by atoms with Crippen LogP contribution in [0.3, 0.4) is 0 Å². The molecular weight excluding hydrogens is 216 g/mol. The lowest BCUT2D eigenvalue weighted by Crippen LogP contribution is -2.13. The summed E-state index contributed by atoms with van der Waals surface area (Å²) in [5, 5.41) is 0. The molecule has 0 spiro atoms. The summed E-state index contributed by atoms with van der Waals surface area (Å²) in [6.07, 6.45) is 0.844. The van der Waals surface area contributed by atoms with E-state index >= 15 is 0 Å². The number of H-pyrrole nitrogens is 1. The fourth-order valence-corrected chi connectivity index (χ4v) is 1.66. The van der Waals surface area contributed by atoms with Crippen LogP contribution >= 0.6 is 0 Å². The van der Waals surface area contributed by atoms with Crippen molar-refractivity contribution in [1.29, 1.82) is 0 Å². The first-order chi connectivity index (χ1) is 8.22. The van der Waals surface area contributed by atoms with Crippen molar-refractivity contribution in [2.45, 2.75) is 20.3 Å². The minimum absolute atomic E-state index is 0.418. The van der Waals surface area contributed by atoms with Crippen LogP contribution in [0, 0.1) is 5.92 Å². The number of aromatic nitrogens is 3. The van der Waals surface area contributed by atoms with E-state index in [0.29, 0.717) is 30.6 Å². The van der Waals surface area contributed by atoms with Crippen LogP contribution in [0.25, 0.3) is 11.2 Å². The molecule has 1 unspecified atom stereocenters. The summed E-state index contributed by atoms with van der Waals surface area (Å²) in [7, 11) is 0. The Morgan fingerprint density at radius 1 is 1.41 bits per heavy atom. The number of aromatic amines is 1.